The van der Waals surface area contributed by atoms with Crippen molar-refractivity contribution >= 4 is 35.0 Å². The van der Waals surface area contributed by atoms with Crippen molar-refractivity contribution in [3.8, 4) is 11.5 Å². The molecule has 3 aromatic rings. The van der Waals surface area contributed by atoms with E-state index in [1.54, 1.807) is 19.1 Å². The summed E-state index contributed by atoms with van der Waals surface area (Å²) in [5.41, 5.74) is 3.50. The first kappa shape index (κ1) is 18.5. The number of rotatable bonds is 5. The molecule has 1 atom stereocenters. The van der Waals surface area contributed by atoms with Crippen molar-refractivity contribution in [3.63, 3.8) is 0 Å². The van der Waals surface area contributed by atoms with Crippen LogP contribution in [0.15, 0.2) is 52.1 Å². The van der Waals surface area contributed by atoms with Gasteiger partial charge in [-0.2, -0.15) is 0 Å². The van der Waals surface area contributed by atoms with Gasteiger partial charge in [0, 0.05) is 16.3 Å². The van der Waals surface area contributed by atoms with E-state index in [9.17, 15) is 4.79 Å². The summed E-state index contributed by atoms with van der Waals surface area (Å²) in [5.74, 6) is 0.283. The maximum absolute atomic E-state index is 12.4. The standard InChI is InChI=1S/C19H18ClN3O2S/c1-11-6-4-7-14(10-11)18-22-23-19(25-18)26-13(3)17(24)21-16-9-5-8-15(20)12(16)2/h4-10,13H,1-3H3,(H,21,24)/t13-/m0/s1. The van der Waals surface area contributed by atoms with Crippen LogP contribution in [0.25, 0.3) is 11.5 Å². The number of carbonyl (C=O) groups is 1. The fraction of sp³-hybridized carbons (Fsp3) is 0.211. The van der Waals surface area contributed by atoms with Gasteiger partial charge in [0.1, 0.15) is 0 Å². The molecule has 0 spiro atoms. The van der Waals surface area contributed by atoms with Gasteiger partial charge in [0.05, 0.1) is 5.25 Å². The number of nitrogens with zero attached hydrogens (tertiary/aromatic N) is 2. The second-order valence-corrected chi connectivity index (χ2v) is 7.60. The minimum atomic E-state index is -0.404. The Hall–Kier alpha value is -2.31. The molecule has 0 saturated carbocycles. The van der Waals surface area contributed by atoms with Gasteiger partial charge in [-0.05, 0) is 50.6 Å². The first-order valence-electron chi connectivity index (χ1n) is 8.07. The Morgan fingerprint density at radius 3 is 2.73 bits per heavy atom. The van der Waals surface area contributed by atoms with E-state index in [1.165, 1.54) is 11.8 Å². The molecule has 0 aliphatic rings. The van der Waals surface area contributed by atoms with Gasteiger partial charge in [0.15, 0.2) is 0 Å². The molecular formula is C19H18ClN3O2S. The molecule has 1 N–H and O–H groups in total. The van der Waals surface area contributed by atoms with Crippen LogP contribution >= 0.6 is 23.4 Å². The molecule has 0 aliphatic carbocycles. The van der Waals surface area contributed by atoms with Crippen molar-refractivity contribution < 1.29 is 9.21 Å². The summed E-state index contributed by atoms with van der Waals surface area (Å²) in [4.78, 5) is 12.4. The predicted molar refractivity (Wildman–Crippen MR) is 105 cm³/mol. The predicted octanol–water partition coefficient (Wildman–Crippen LogP) is 5.13. The smallest absolute Gasteiger partial charge is 0.277 e. The number of hydrogen-bond acceptors (Lipinski definition) is 5. The second-order valence-electron chi connectivity index (χ2n) is 5.90. The molecule has 0 fully saturated rings. The molecule has 2 aromatic carbocycles. The Kier molecular flexibility index (Phi) is 5.64. The molecule has 0 bridgehead atoms. The van der Waals surface area contributed by atoms with Crippen LogP contribution in [-0.4, -0.2) is 21.4 Å². The van der Waals surface area contributed by atoms with Crippen LogP contribution < -0.4 is 5.32 Å². The highest BCUT2D eigenvalue weighted by atomic mass is 35.5. The van der Waals surface area contributed by atoms with Crippen LogP contribution in [0.5, 0.6) is 0 Å². The molecule has 3 rings (SSSR count). The van der Waals surface area contributed by atoms with Crippen molar-refractivity contribution in [2.75, 3.05) is 5.32 Å². The quantitative estimate of drug-likeness (QED) is 0.615. The Morgan fingerprint density at radius 2 is 1.96 bits per heavy atom. The molecule has 1 heterocycles. The van der Waals surface area contributed by atoms with Crippen LogP contribution in [0.3, 0.4) is 0 Å². The number of amides is 1. The van der Waals surface area contributed by atoms with Crippen molar-refractivity contribution in [2.45, 2.75) is 31.2 Å². The molecule has 0 saturated heterocycles. The minimum absolute atomic E-state index is 0.157. The molecule has 0 aliphatic heterocycles. The number of anilines is 1. The van der Waals surface area contributed by atoms with Crippen molar-refractivity contribution in [2.24, 2.45) is 0 Å². The summed E-state index contributed by atoms with van der Waals surface area (Å²) >= 11 is 7.30. The molecule has 1 amide bonds. The number of carbonyl (C=O) groups excluding carboxylic acids is 1. The molecular weight excluding hydrogens is 370 g/mol. The van der Waals surface area contributed by atoms with Gasteiger partial charge in [0.25, 0.3) is 5.22 Å². The third-order valence-electron chi connectivity index (χ3n) is 3.84. The molecule has 0 unspecified atom stereocenters. The van der Waals surface area contributed by atoms with Crippen LogP contribution in [0, 0.1) is 13.8 Å². The number of thioether (sulfide) groups is 1. The third kappa shape index (κ3) is 4.26. The van der Waals surface area contributed by atoms with E-state index < -0.39 is 5.25 Å². The maximum atomic E-state index is 12.4. The largest absolute Gasteiger partial charge is 0.411 e. The number of hydrogen-bond donors (Lipinski definition) is 1. The van der Waals surface area contributed by atoms with Crippen LogP contribution in [0.1, 0.15) is 18.1 Å². The van der Waals surface area contributed by atoms with Gasteiger partial charge in [-0.25, -0.2) is 0 Å². The lowest BCUT2D eigenvalue weighted by Crippen LogP contribution is -2.22. The van der Waals surface area contributed by atoms with E-state index in [2.05, 4.69) is 15.5 Å². The van der Waals surface area contributed by atoms with E-state index in [-0.39, 0.29) is 5.91 Å². The van der Waals surface area contributed by atoms with E-state index >= 15 is 0 Å². The maximum Gasteiger partial charge on any atom is 0.277 e. The Balaban J connectivity index is 1.67. The molecule has 134 valence electrons. The van der Waals surface area contributed by atoms with E-state index in [1.807, 2.05) is 44.2 Å². The van der Waals surface area contributed by atoms with Gasteiger partial charge in [-0.3, -0.25) is 4.79 Å². The number of aryl methyl sites for hydroxylation is 1. The zero-order valence-corrected chi connectivity index (χ0v) is 16.2. The fourth-order valence-electron chi connectivity index (χ4n) is 2.33. The Labute approximate surface area is 161 Å². The molecule has 1 aromatic heterocycles. The van der Waals surface area contributed by atoms with Crippen LogP contribution in [0.4, 0.5) is 5.69 Å². The topological polar surface area (TPSA) is 68.0 Å². The molecule has 26 heavy (non-hydrogen) atoms. The highest BCUT2D eigenvalue weighted by molar-refractivity contribution is 8.00. The van der Waals surface area contributed by atoms with Crippen LogP contribution in [-0.2, 0) is 4.79 Å². The van der Waals surface area contributed by atoms with Gasteiger partial charge in [0.2, 0.25) is 11.8 Å². The summed E-state index contributed by atoms with van der Waals surface area (Å²) in [7, 11) is 0. The first-order valence-corrected chi connectivity index (χ1v) is 9.33. The van der Waals surface area contributed by atoms with E-state index in [0.29, 0.717) is 21.8 Å². The Bertz CT molecular complexity index is 942. The zero-order chi connectivity index (χ0) is 18.7. The first-order chi connectivity index (χ1) is 12.4. The lowest BCUT2D eigenvalue weighted by Gasteiger charge is -2.12. The summed E-state index contributed by atoms with van der Waals surface area (Å²) in [5, 5.41) is 11.5. The van der Waals surface area contributed by atoms with Gasteiger partial charge < -0.3 is 9.73 Å². The molecule has 5 nitrogen and oxygen atoms in total. The van der Waals surface area contributed by atoms with Crippen LogP contribution in [0.2, 0.25) is 5.02 Å². The summed E-state index contributed by atoms with van der Waals surface area (Å²) in [6, 6.07) is 13.2. The van der Waals surface area contributed by atoms with E-state index in [0.717, 1.165) is 16.7 Å². The van der Waals surface area contributed by atoms with Crippen molar-refractivity contribution in [1.29, 1.82) is 0 Å². The zero-order valence-electron chi connectivity index (χ0n) is 14.6. The summed E-state index contributed by atoms with van der Waals surface area (Å²) in [6.07, 6.45) is 0. The van der Waals surface area contributed by atoms with Crippen molar-refractivity contribution in [1.82, 2.24) is 10.2 Å². The number of nitrogens with one attached hydrogen (secondary N) is 1. The van der Waals surface area contributed by atoms with E-state index in [4.69, 9.17) is 16.0 Å². The van der Waals surface area contributed by atoms with Gasteiger partial charge >= 0.3 is 0 Å². The average molecular weight is 388 g/mol. The minimum Gasteiger partial charge on any atom is -0.411 e. The lowest BCUT2D eigenvalue weighted by molar-refractivity contribution is -0.115. The fourth-order valence-corrected chi connectivity index (χ4v) is 3.19. The molecule has 0 radical (unpaired) electrons. The average Bonchev–Trinajstić information content (AvgIpc) is 3.07. The number of benzene rings is 2. The monoisotopic (exact) mass is 387 g/mol. The molecule has 7 heteroatoms. The number of halogens is 1. The summed E-state index contributed by atoms with van der Waals surface area (Å²) < 4.78 is 5.68. The SMILES string of the molecule is Cc1cccc(-c2nnc(S[C@@H](C)C(=O)Nc3cccc(Cl)c3C)o2)c1. The highest BCUT2D eigenvalue weighted by Gasteiger charge is 2.19. The van der Waals surface area contributed by atoms with Gasteiger partial charge in [-0.15, -0.1) is 10.2 Å². The Morgan fingerprint density at radius 1 is 1.19 bits per heavy atom. The normalized spacial score (nSPS) is 12.0. The third-order valence-corrected chi connectivity index (χ3v) is 5.19. The van der Waals surface area contributed by atoms with Crippen molar-refractivity contribution in [3.05, 3.63) is 58.6 Å². The highest BCUT2D eigenvalue weighted by Crippen LogP contribution is 2.28. The second kappa shape index (κ2) is 7.93. The van der Waals surface area contributed by atoms with Gasteiger partial charge in [-0.1, -0.05) is 47.1 Å². The summed E-state index contributed by atoms with van der Waals surface area (Å²) in [6.45, 7) is 5.65. The lowest BCUT2D eigenvalue weighted by atomic mass is 10.1. The number of aromatic nitrogens is 2.